The molecule has 0 spiro atoms. The third kappa shape index (κ3) is 3.83. The van der Waals surface area contributed by atoms with Crippen molar-refractivity contribution in [3.8, 4) is 0 Å². The number of piperazine rings is 1. The van der Waals surface area contributed by atoms with Gasteiger partial charge in [0.1, 0.15) is 0 Å². The summed E-state index contributed by atoms with van der Waals surface area (Å²) in [5, 5.41) is 6.71. The standard InChI is InChI=1S/C15H21N3O2S/c19-14(13-3-10-21-11-13)16-4-5-17-6-8-18(9-7-17)15(20)12-1-2-12/h3,10-12H,1-2,4-9H2,(H,16,19). The molecular formula is C15H21N3O2S. The molecule has 21 heavy (non-hydrogen) atoms. The van der Waals surface area contributed by atoms with Crippen molar-refractivity contribution < 1.29 is 9.59 Å². The van der Waals surface area contributed by atoms with Crippen LogP contribution in [0, 0.1) is 5.92 Å². The number of amides is 2. The number of thiophene rings is 1. The normalized spacial score (nSPS) is 19.5. The van der Waals surface area contributed by atoms with E-state index in [1.807, 2.05) is 21.7 Å². The van der Waals surface area contributed by atoms with Crippen LogP contribution in [0.3, 0.4) is 0 Å². The molecule has 0 bridgehead atoms. The van der Waals surface area contributed by atoms with Gasteiger partial charge in [-0.1, -0.05) is 0 Å². The van der Waals surface area contributed by atoms with Gasteiger partial charge < -0.3 is 10.2 Å². The Morgan fingerprint density at radius 2 is 2.00 bits per heavy atom. The number of hydrogen-bond donors (Lipinski definition) is 1. The van der Waals surface area contributed by atoms with Crippen LogP contribution in [0.15, 0.2) is 16.8 Å². The van der Waals surface area contributed by atoms with Crippen LogP contribution in [0.25, 0.3) is 0 Å². The van der Waals surface area contributed by atoms with Crippen LogP contribution in [-0.4, -0.2) is 60.9 Å². The molecule has 1 aromatic rings. The number of nitrogens with zero attached hydrogens (tertiary/aromatic N) is 2. The van der Waals surface area contributed by atoms with Gasteiger partial charge in [0.15, 0.2) is 0 Å². The molecule has 0 aromatic carbocycles. The predicted octanol–water partition coefficient (Wildman–Crippen LogP) is 1.03. The summed E-state index contributed by atoms with van der Waals surface area (Å²) in [5.41, 5.74) is 0.736. The predicted molar refractivity (Wildman–Crippen MR) is 82.4 cm³/mol. The molecule has 1 aliphatic carbocycles. The molecule has 1 aromatic heterocycles. The Labute approximate surface area is 128 Å². The van der Waals surface area contributed by atoms with Crippen LogP contribution in [0.4, 0.5) is 0 Å². The molecule has 5 nitrogen and oxygen atoms in total. The highest BCUT2D eigenvalue weighted by atomic mass is 32.1. The Balaban J connectivity index is 1.34. The Morgan fingerprint density at radius 1 is 1.24 bits per heavy atom. The molecule has 0 atom stereocenters. The van der Waals surface area contributed by atoms with E-state index in [2.05, 4.69) is 10.2 Å². The summed E-state index contributed by atoms with van der Waals surface area (Å²) in [7, 11) is 0. The lowest BCUT2D eigenvalue weighted by atomic mass is 10.2. The second-order valence-corrected chi connectivity index (χ2v) is 6.49. The van der Waals surface area contributed by atoms with E-state index in [-0.39, 0.29) is 5.91 Å². The van der Waals surface area contributed by atoms with Crippen molar-refractivity contribution >= 4 is 23.2 Å². The first-order valence-electron chi connectivity index (χ1n) is 7.55. The highest BCUT2D eigenvalue weighted by Gasteiger charge is 2.34. The fourth-order valence-corrected chi connectivity index (χ4v) is 3.24. The average molecular weight is 307 g/mol. The van der Waals surface area contributed by atoms with E-state index in [1.54, 1.807) is 0 Å². The first kappa shape index (κ1) is 14.5. The van der Waals surface area contributed by atoms with Crippen molar-refractivity contribution in [2.45, 2.75) is 12.8 Å². The highest BCUT2D eigenvalue weighted by Crippen LogP contribution is 2.31. The van der Waals surface area contributed by atoms with E-state index >= 15 is 0 Å². The number of carbonyl (C=O) groups excluding carboxylic acids is 2. The zero-order valence-electron chi connectivity index (χ0n) is 12.1. The zero-order chi connectivity index (χ0) is 14.7. The maximum absolute atomic E-state index is 12.0. The smallest absolute Gasteiger partial charge is 0.252 e. The molecular weight excluding hydrogens is 286 g/mol. The Bertz CT molecular complexity index is 491. The second-order valence-electron chi connectivity index (χ2n) is 5.71. The largest absolute Gasteiger partial charge is 0.351 e. The molecule has 1 saturated carbocycles. The third-order valence-corrected chi connectivity index (χ3v) is 4.79. The van der Waals surface area contributed by atoms with Gasteiger partial charge in [-0.15, -0.1) is 0 Å². The number of hydrogen-bond acceptors (Lipinski definition) is 4. The summed E-state index contributed by atoms with van der Waals surface area (Å²) in [4.78, 5) is 28.1. The summed E-state index contributed by atoms with van der Waals surface area (Å²) in [6, 6.07) is 1.84. The van der Waals surface area contributed by atoms with Crippen molar-refractivity contribution in [1.82, 2.24) is 15.1 Å². The molecule has 0 radical (unpaired) electrons. The van der Waals surface area contributed by atoms with Crippen LogP contribution in [-0.2, 0) is 4.79 Å². The maximum Gasteiger partial charge on any atom is 0.252 e. The van der Waals surface area contributed by atoms with Gasteiger partial charge in [-0.2, -0.15) is 11.3 Å². The van der Waals surface area contributed by atoms with Crippen LogP contribution < -0.4 is 5.32 Å². The molecule has 1 aliphatic heterocycles. The highest BCUT2D eigenvalue weighted by molar-refractivity contribution is 7.08. The summed E-state index contributed by atoms with van der Waals surface area (Å²) in [6.45, 7) is 4.98. The quantitative estimate of drug-likeness (QED) is 0.884. The van der Waals surface area contributed by atoms with E-state index in [0.29, 0.717) is 18.4 Å². The molecule has 114 valence electrons. The lowest BCUT2D eigenvalue weighted by molar-refractivity contribution is -0.134. The average Bonchev–Trinajstić information content (AvgIpc) is 3.21. The molecule has 6 heteroatoms. The monoisotopic (exact) mass is 307 g/mol. The minimum atomic E-state index is -0.00111. The van der Waals surface area contributed by atoms with Crippen molar-refractivity contribution in [2.75, 3.05) is 39.3 Å². The summed E-state index contributed by atoms with van der Waals surface area (Å²) < 4.78 is 0. The number of rotatable bonds is 5. The summed E-state index contributed by atoms with van der Waals surface area (Å²) in [5.74, 6) is 0.667. The molecule has 2 aliphatic rings. The van der Waals surface area contributed by atoms with E-state index in [1.165, 1.54) is 11.3 Å². The lowest BCUT2D eigenvalue weighted by Crippen LogP contribution is -2.50. The van der Waals surface area contributed by atoms with Crippen molar-refractivity contribution in [3.05, 3.63) is 22.4 Å². The Morgan fingerprint density at radius 3 is 2.62 bits per heavy atom. The van der Waals surface area contributed by atoms with Crippen molar-refractivity contribution in [3.63, 3.8) is 0 Å². The molecule has 0 unspecified atom stereocenters. The summed E-state index contributed by atoms with van der Waals surface area (Å²) >= 11 is 1.53. The van der Waals surface area contributed by atoms with Gasteiger partial charge in [-0.3, -0.25) is 14.5 Å². The maximum atomic E-state index is 12.0. The van der Waals surface area contributed by atoms with E-state index in [4.69, 9.17) is 0 Å². The van der Waals surface area contributed by atoms with E-state index in [9.17, 15) is 9.59 Å². The SMILES string of the molecule is O=C(NCCN1CCN(C(=O)C2CC2)CC1)c1ccsc1. The fourth-order valence-electron chi connectivity index (χ4n) is 2.60. The molecule has 3 rings (SSSR count). The molecule has 1 N–H and O–H groups in total. The molecule has 2 fully saturated rings. The van der Waals surface area contributed by atoms with Crippen molar-refractivity contribution in [2.24, 2.45) is 5.92 Å². The van der Waals surface area contributed by atoms with Gasteiger partial charge in [-0.05, 0) is 24.3 Å². The van der Waals surface area contributed by atoms with Gasteiger partial charge in [-0.25, -0.2) is 0 Å². The van der Waals surface area contributed by atoms with Crippen LogP contribution in [0.2, 0.25) is 0 Å². The Hall–Kier alpha value is -1.40. The fraction of sp³-hybridized carbons (Fsp3) is 0.600. The lowest BCUT2D eigenvalue weighted by Gasteiger charge is -2.34. The Kier molecular flexibility index (Phi) is 4.55. The number of nitrogens with one attached hydrogen (secondary N) is 1. The molecule has 2 amide bonds. The molecule has 2 heterocycles. The first-order chi connectivity index (χ1) is 10.2. The van der Waals surface area contributed by atoms with Crippen LogP contribution in [0.5, 0.6) is 0 Å². The number of carbonyl (C=O) groups is 2. The van der Waals surface area contributed by atoms with Crippen LogP contribution >= 0.6 is 11.3 Å². The van der Waals surface area contributed by atoms with Gasteiger partial charge in [0.05, 0.1) is 0 Å². The minimum Gasteiger partial charge on any atom is -0.351 e. The third-order valence-electron chi connectivity index (χ3n) is 4.11. The van der Waals surface area contributed by atoms with Crippen LogP contribution in [0.1, 0.15) is 23.2 Å². The van der Waals surface area contributed by atoms with Gasteiger partial charge in [0.2, 0.25) is 5.91 Å². The van der Waals surface area contributed by atoms with Gasteiger partial charge in [0, 0.05) is 56.1 Å². The van der Waals surface area contributed by atoms with E-state index in [0.717, 1.165) is 51.1 Å². The first-order valence-corrected chi connectivity index (χ1v) is 8.50. The minimum absolute atomic E-state index is 0.00111. The second kappa shape index (κ2) is 6.58. The topological polar surface area (TPSA) is 52.7 Å². The molecule has 1 saturated heterocycles. The van der Waals surface area contributed by atoms with Crippen molar-refractivity contribution in [1.29, 1.82) is 0 Å². The van der Waals surface area contributed by atoms with Gasteiger partial charge in [0.25, 0.3) is 5.91 Å². The van der Waals surface area contributed by atoms with E-state index < -0.39 is 0 Å². The zero-order valence-corrected chi connectivity index (χ0v) is 12.9. The summed E-state index contributed by atoms with van der Waals surface area (Å²) in [6.07, 6.45) is 2.15. The van der Waals surface area contributed by atoms with Gasteiger partial charge >= 0.3 is 0 Å².